The highest BCUT2D eigenvalue weighted by atomic mass is 16.2. The van der Waals surface area contributed by atoms with Gasteiger partial charge in [-0.15, -0.1) is 0 Å². The predicted octanol–water partition coefficient (Wildman–Crippen LogP) is 1.62. The molecule has 0 saturated carbocycles. The molecular weight excluding hydrogens is 342 g/mol. The van der Waals surface area contributed by atoms with Crippen molar-refractivity contribution in [3.05, 3.63) is 23.8 Å². The van der Waals surface area contributed by atoms with Crippen LogP contribution < -0.4 is 5.73 Å². The van der Waals surface area contributed by atoms with E-state index in [0.717, 1.165) is 57.6 Å². The van der Waals surface area contributed by atoms with Crippen molar-refractivity contribution >= 4 is 11.8 Å². The summed E-state index contributed by atoms with van der Waals surface area (Å²) in [7, 11) is 0. The molecule has 0 radical (unpaired) electrons. The maximum atomic E-state index is 12.7. The van der Waals surface area contributed by atoms with Crippen molar-refractivity contribution < 1.29 is 9.59 Å². The monoisotopic (exact) mass is 373 g/mol. The molecule has 0 unspecified atom stereocenters. The third-order valence-electron chi connectivity index (χ3n) is 5.73. The molecule has 2 saturated heterocycles. The molecule has 0 aromatic carbocycles. The normalized spacial score (nSPS) is 22.1. The molecule has 0 aliphatic carbocycles. The number of aromatic nitrogens is 2. The van der Waals surface area contributed by atoms with Gasteiger partial charge in [-0.3, -0.25) is 14.5 Å². The van der Waals surface area contributed by atoms with Crippen molar-refractivity contribution in [1.82, 2.24) is 19.8 Å². The largest absolute Gasteiger partial charge is 0.364 e. The van der Waals surface area contributed by atoms with Gasteiger partial charge in [-0.2, -0.15) is 0 Å². The van der Waals surface area contributed by atoms with E-state index in [4.69, 9.17) is 5.73 Å². The number of nitrogens with zero attached hydrogens (tertiary/aromatic N) is 4. The van der Waals surface area contributed by atoms with Gasteiger partial charge < -0.3 is 10.6 Å². The van der Waals surface area contributed by atoms with E-state index in [0.29, 0.717) is 12.5 Å². The Morgan fingerprint density at radius 3 is 2.52 bits per heavy atom. The molecule has 148 valence electrons. The molecule has 1 aromatic heterocycles. The Morgan fingerprint density at radius 2 is 1.78 bits per heavy atom. The molecule has 0 bridgehead atoms. The molecule has 0 spiro atoms. The molecular formula is C20H31N5O2. The second kappa shape index (κ2) is 9.78. The van der Waals surface area contributed by atoms with E-state index >= 15 is 0 Å². The minimum atomic E-state index is -0.523. The Balaban J connectivity index is 1.50. The second-order valence-electron chi connectivity index (χ2n) is 7.83. The minimum Gasteiger partial charge on any atom is -0.364 e. The van der Waals surface area contributed by atoms with E-state index in [2.05, 4.69) is 14.9 Å². The lowest BCUT2D eigenvalue weighted by atomic mass is 9.95. The molecule has 7 heteroatoms. The number of carbonyl (C=O) groups is 2. The average Bonchev–Trinajstić information content (AvgIpc) is 3.05. The summed E-state index contributed by atoms with van der Waals surface area (Å²) < 4.78 is 0. The van der Waals surface area contributed by atoms with Crippen molar-refractivity contribution in [2.45, 2.75) is 51.4 Å². The van der Waals surface area contributed by atoms with Crippen LogP contribution in [0, 0.1) is 5.92 Å². The second-order valence-corrected chi connectivity index (χ2v) is 7.83. The minimum absolute atomic E-state index is 0.267. The molecule has 2 fully saturated rings. The molecule has 7 nitrogen and oxygen atoms in total. The van der Waals surface area contributed by atoms with Gasteiger partial charge in [0.1, 0.15) is 12.0 Å². The molecule has 1 atom stereocenters. The lowest BCUT2D eigenvalue weighted by Gasteiger charge is -2.25. The van der Waals surface area contributed by atoms with Crippen molar-refractivity contribution in [2.24, 2.45) is 11.7 Å². The van der Waals surface area contributed by atoms with Gasteiger partial charge in [0.15, 0.2) is 0 Å². The Morgan fingerprint density at radius 1 is 1.00 bits per heavy atom. The highest BCUT2D eigenvalue weighted by Gasteiger charge is 2.23. The van der Waals surface area contributed by atoms with Crippen molar-refractivity contribution in [2.75, 3.05) is 32.7 Å². The number of rotatable bonds is 5. The first-order valence-electron chi connectivity index (χ1n) is 10.2. The summed E-state index contributed by atoms with van der Waals surface area (Å²) in [5, 5.41) is 0. The van der Waals surface area contributed by atoms with Gasteiger partial charge in [-0.25, -0.2) is 9.97 Å². The molecule has 1 aromatic rings. The summed E-state index contributed by atoms with van der Waals surface area (Å²) in [5.74, 6) is 0.219. The van der Waals surface area contributed by atoms with Gasteiger partial charge in [0, 0.05) is 18.8 Å². The van der Waals surface area contributed by atoms with Gasteiger partial charge in [-0.05, 0) is 63.6 Å². The maximum Gasteiger partial charge on any atom is 0.267 e. The van der Waals surface area contributed by atoms with Gasteiger partial charge in [0.05, 0.1) is 6.54 Å². The number of carbonyl (C=O) groups excluding carboxylic acids is 2. The van der Waals surface area contributed by atoms with E-state index in [9.17, 15) is 9.59 Å². The summed E-state index contributed by atoms with van der Waals surface area (Å²) >= 11 is 0. The van der Waals surface area contributed by atoms with Crippen molar-refractivity contribution in [3.63, 3.8) is 0 Å². The lowest BCUT2D eigenvalue weighted by molar-refractivity contribution is -0.132. The summed E-state index contributed by atoms with van der Waals surface area (Å²) in [4.78, 5) is 36.6. The van der Waals surface area contributed by atoms with Gasteiger partial charge in [0.25, 0.3) is 5.91 Å². The number of amides is 2. The van der Waals surface area contributed by atoms with Crippen LogP contribution in [0.15, 0.2) is 12.4 Å². The molecule has 2 amide bonds. The quantitative estimate of drug-likeness (QED) is 0.847. The van der Waals surface area contributed by atoms with Gasteiger partial charge in [0.2, 0.25) is 5.91 Å². The van der Waals surface area contributed by atoms with Crippen LogP contribution in [0.4, 0.5) is 0 Å². The van der Waals surface area contributed by atoms with E-state index in [-0.39, 0.29) is 11.6 Å². The van der Waals surface area contributed by atoms with Crippen LogP contribution in [-0.2, 0) is 11.2 Å². The number of likely N-dealkylation sites (tertiary alicyclic amines) is 2. The third-order valence-corrected chi connectivity index (χ3v) is 5.73. The van der Waals surface area contributed by atoms with Crippen molar-refractivity contribution in [3.8, 4) is 0 Å². The zero-order valence-corrected chi connectivity index (χ0v) is 16.1. The fourth-order valence-corrected chi connectivity index (χ4v) is 4.14. The maximum absolute atomic E-state index is 12.7. The smallest absolute Gasteiger partial charge is 0.267 e. The molecule has 2 aliphatic heterocycles. The fourth-order valence-electron chi connectivity index (χ4n) is 4.14. The zero-order chi connectivity index (χ0) is 19.1. The highest BCUT2D eigenvalue weighted by Crippen LogP contribution is 2.22. The van der Waals surface area contributed by atoms with Crippen LogP contribution in [-0.4, -0.2) is 64.3 Å². The van der Waals surface area contributed by atoms with Crippen LogP contribution in [0.3, 0.4) is 0 Å². The number of primary amides is 1. The third kappa shape index (κ3) is 5.99. The van der Waals surface area contributed by atoms with Crippen LogP contribution in [0.2, 0.25) is 0 Å². The topological polar surface area (TPSA) is 92.4 Å². The standard InChI is InChI=1S/C20H31N5O2/c21-20(27)18-13-17(22-15-23-18)12-16-6-5-10-25(11-7-16)19(26)14-24-8-3-1-2-4-9-24/h13,15-16H,1-12,14H2,(H2,21,27)/t16-/m0/s1. The predicted molar refractivity (Wildman–Crippen MR) is 103 cm³/mol. The molecule has 2 aliphatic rings. The fraction of sp³-hybridized carbons (Fsp3) is 0.700. The Hall–Kier alpha value is -2.02. The highest BCUT2D eigenvalue weighted by molar-refractivity contribution is 5.90. The number of nitrogens with two attached hydrogens (primary N) is 1. The zero-order valence-electron chi connectivity index (χ0n) is 16.1. The average molecular weight is 374 g/mol. The van der Waals surface area contributed by atoms with Crippen molar-refractivity contribution in [1.29, 1.82) is 0 Å². The SMILES string of the molecule is NC(=O)c1cc(C[C@H]2CCCN(C(=O)CN3CCCCCC3)CC2)ncn1. The van der Waals surface area contributed by atoms with E-state index < -0.39 is 5.91 Å². The van der Waals surface area contributed by atoms with Crippen LogP contribution in [0.25, 0.3) is 0 Å². The first kappa shape index (κ1) is 19.7. The number of hydrogen-bond acceptors (Lipinski definition) is 5. The number of hydrogen-bond donors (Lipinski definition) is 1. The van der Waals surface area contributed by atoms with Crippen LogP contribution in [0.5, 0.6) is 0 Å². The molecule has 3 rings (SSSR count). The van der Waals surface area contributed by atoms with Crippen LogP contribution >= 0.6 is 0 Å². The molecule has 27 heavy (non-hydrogen) atoms. The Labute approximate surface area is 161 Å². The summed E-state index contributed by atoms with van der Waals surface area (Å²) in [6, 6.07) is 1.69. The van der Waals surface area contributed by atoms with E-state index in [1.54, 1.807) is 6.07 Å². The first-order valence-corrected chi connectivity index (χ1v) is 10.2. The first-order chi connectivity index (χ1) is 13.1. The molecule has 3 heterocycles. The summed E-state index contributed by atoms with van der Waals surface area (Å²) in [5.41, 5.74) is 6.42. The van der Waals surface area contributed by atoms with Crippen LogP contribution in [0.1, 0.15) is 61.1 Å². The lowest BCUT2D eigenvalue weighted by Crippen LogP contribution is -2.41. The summed E-state index contributed by atoms with van der Waals surface area (Å²) in [6.07, 6.45) is 10.3. The van der Waals surface area contributed by atoms with Gasteiger partial charge in [-0.1, -0.05) is 12.8 Å². The summed E-state index contributed by atoms with van der Waals surface area (Å²) in [6.45, 7) is 4.33. The van der Waals surface area contributed by atoms with Gasteiger partial charge >= 0.3 is 0 Å². The Kier molecular flexibility index (Phi) is 7.15. The van der Waals surface area contributed by atoms with E-state index in [1.807, 2.05) is 4.90 Å². The van der Waals surface area contributed by atoms with E-state index in [1.165, 1.54) is 32.0 Å². The molecule has 2 N–H and O–H groups in total. The Bertz CT molecular complexity index is 643.